The van der Waals surface area contributed by atoms with Crippen molar-refractivity contribution in [2.75, 3.05) is 13.7 Å². The van der Waals surface area contributed by atoms with E-state index in [9.17, 15) is 9.59 Å². The molecule has 0 saturated heterocycles. The Morgan fingerprint density at radius 3 is 2.78 bits per heavy atom. The molecule has 2 N–H and O–H groups in total. The van der Waals surface area contributed by atoms with Gasteiger partial charge in [0.2, 0.25) is 0 Å². The Kier molecular flexibility index (Phi) is 6.13. The lowest BCUT2D eigenvalue weighted by Crippen LogP contribution is -2.44. The molecule has 0 unspecified atom stereocenters. The minimum absolute atomic E-state index is 0.197. The molecule has 3 aromatic rings. The molecule has 3 rings (SSSR count). The predicted molar refractivity (Wildman–Crippen MR) is 106 cm³/mol. The van der Waals surface area contributed by atoms with Crippen LogP contribution < -0.4 is 10.1 Å². The summed E-state index contributed by atoms with van der Waals surface area (Å²) in [5.41, 5.74) is 1.90. The summed E-state index contributed by atoms with van der Waals surface area (Å²) in [4.78, 5) is 27.6. The first kappa shape index (κ1) is 19.0. The van der Waals surface area contributed by atoms with Gasteiger partial charge >= 0.3 is 5.97 Å². The number of hydrogen-bond acceptors (Lipinski definition) is 4. The molecular weight excluding hydrogens is 412 g/mol. The lowest BCUT2D eigenvalue weighted by atomic mass is 10.0. The van der Waals surface area contributed by atoms with Crippen molar-refractivity contribution in [3.05, 3.63) is 64.8 Å². The fourth-order valence-electron chi connectivity index (χ4n) is 2.80. The minimum atomic E-state index is -0.798. The number of aromatic amines is 1. The predicted octanol–water partition coefficient (Wildman–Crippen LogP) is 3.21. The molecule has 7 heteroatoms. The van der Waals surface area contributed by atoms with E-state index in [0.29, 0.717) is 12.2 Å². The van der Waals surface area contributed by atoms with Crippen molar-refractivity contribution in [2.45, 2.75) is 12.5 Å². The molecule has 6 nitrogen and oxygen atoms in total. The summed E-state index contributed by atoms with van der Waals surface area (Å²) in [5.74, 6) is -0.341. The fourth-order valence-corrected chi connectivity index (χ4v) is 3.18. The molecule has 1 aromatic heterocycles. The van der Waals surface area contributed by atoms with Crippen LogP contribution in [0, 0.1) is 0 Å². The second-order valence-electron chi connectivity index (χ2n) is 5.95. The van der Waals surface area contributed by atoms with Crippen LogP contribution in [0.2, 0.25) is 0 Å². The molecule has 1 heterocycles. The third-order valence-electron chi connectivity index (χ3n) is 4.09. The molecule has 0 aliphatic rings. The average molecular weight is 431 g/mol. The summed E-state index contributed by atoms with van der Waals surface area (Å²) in [6.07, 6.45) is 2.16. The van der Waals surface area contributed by atoms with Gasteiger partial charge in [-0.3, -0.25) is 4.79 Å². The van der Waals surface area contributed by atoms with Crippen LogP contribution in [0.25, 0.3) is 10.9 Å². The Morgan fingerprint density at radius 1 is 1.19 bits per heavy atom. The third-order valence-corrected chi connectivity index (χ3v) is 4.58. The van der Waals surface area contributed by atoms with Crippen molar-refractivity contribution in [3.8, 4) is 5.75 Å². The maximum Gasteiger partial charge on any atom is 0.328 e. The molecule has 0 spiro atoms. The number of halogens is 1. The number of fused-ring (bicyclic) bond motifs is 1. The number of benzene rings is 2. The number of H-pyrrole nitrogens is 1. The topological polar surface area (TPSA) is 80.4 Å². The number of aromatic nitrogens is 1. The van der Waals surface area contributed by atoms with Crippen molar-refractivity contribution in [1.29, 1.82) is 0 Å². The van der Waals surface area contributed by atoms with E-state index in [4.69, 9.17) is 9.47 Å². The summed E-state index contributed by atoms with van der Waals surface area (Å²) < 4.78 is 11.2. The highest BCUT2D eigenvalue weighted by Crippen LogP contribution is 2.20. The van der Waals surface area contributed by atoms with Crippen molar-refractivity contribution >= 4 is 38.7 Å². The molecule has 0 radical (unpaired) electrons. The summed E-state index contributed by atoms with van der Waals surface area (Å²) >= 11 is 3.35. The number of amides is 1. The van der Waals surface area contributed by atoms with Crippen LogP contribution in [0.1, 0.15) is 5.56 Å². The van der Waals surface area contributed by atoms with Gasteiger partial charge in [0.1, 0.15) is 11.8 Å². The molecule has 2 aromatic carbocycles. The van der Waals surface area contributed by atoms with Gasteiger partial charge in [0, 0.05) is 28.0 Å². The maximum atomic E-state index is 12.3. The zero-order chi connectivity index (χ0) is 19.2. The standard InChI is InChI=1S/C20H19BrN2O4/c1-26-20(25)18(9-13-11-22-17-8-3-2-7-16(13)17)23-19(24)12-27-15-6-4-5-14(21)10-15/h2-8,10-11,18,22H,9,12H2,1H3,(H,23,24)/t18-/m0/s1. The number of carbonyl (C=O) groups excluding carboxylic acids is 2. The molecule has 0 aliphatic heterocycles. The van der Waals surface area contributed by atoms with Crippen LogP contribution >= 0.6 is 15.9 Å². The van der Waals surface area contributed by atoms with Gasteiger partial charge in [-0.2, -0.15) is 0 Å². The quantitative estimate of drug-likeness (QED) is 0.563. The fraction of sp³-hybridized carbons (Fsp3) is 0.200. The van der Waals surface area contributed by atoms with Gasteiger partial charge in [0.25, 0.3) is 5.91 Å². The van der Waals surface area contributed by atoms with Gasteiger partial charge in [0.15, 0.2) is 6.61 Å². The number of nitrogens with one attached hydrogen (secondary N) is 2. The second-order valence-corrected chi connectivity index (χ2v) is 6.87. The van der Waals surface area contributed by atoms with Gasteiger partial charge in [-0.15, -0.1) is 0 Å². The van der Waals surface area contributed by atoms with Crippen LogP contribution in [0.3, 0.4) is 0 Å². The summed E-state index contributed by atoms with van der Waals surface area (Å²) in [7, 11) is 1.30. The smallest absolute Gasteiger partial charge is 0.328 e. The van der Waals surface area contributed by atoms with Crippen molar-refractivity contribution in [3.63, 3.8) is 0 Å². The first-order valence-electron chi connectivity index (χ1n) is 8.37. The monoisotopic (exact) mass is 430 g/mol. The zero-order valence-electron chi connectivity index (χ0n) is 14.7. The van der Waals surface area contributed by atoms with Crippen LogP contribution in [0.4, 0.5) is 0 Å². The van der Waals surface area contributed by atoms with Crippen molar-refractivity contribution in [1.82, 2.24) is 10.3 Å². The van der Waals surface area contributed by atoms with E-state index in [1.54, 1.807) is 12.1 Å². The van der Waals surface area contributed by atoms with Crippen LogP contribution in [0.15, 0.2) is 59.2 Å². The lowest BCUT2D eigenvalue weighted by molar-refractivity contribution is -0.145. The highest BCUT2D eigenvalue weighted by Gasteiger charge is 2.23. The van der Waals surface area contributed by atoms with E-state index >= 15 is 0 Å². The Labute approximate surface area is 165 Å². The van der Waals surface area contributed by atoms with Gasteiger partial charge in [0.05, 0.1) is 7.11 Å². The van der Waals surface area contributed by atoms with Gasteiger partial charge in [-0.1, -0.05) is 40.2 Å². The minimum Gasteiger partial charge on any atom is -0.484 e. The molecule has 0 fully saturated rings. The zero-order valence-corrected chi connectivity index (χ0v) is 16.3. The number of ether oxygens (including phenoxy) is 2. The molecule has 1 atom stereocenters. The number of para-hydroxylation sites is 1. The van der Waals surface area contributed by atoms with Gasteiger partial charge in [-0.05, 0) is 29.8 Å². The summed E-state index contributed by atoms with van der Waals surface area (Å²) in [6.45, 7) is -0.197. The summed E-state index contributed by atoms with van der Waals surface area (Å²) in [5, 5.41) is 3.70. The molecular formula is C20H19BrN2O4. The largest absolute Gasteiger partial charge is 0.484 e. The van der Waals surface area contributed by atoms with E-state index in [1.807, 2.05) is 42.6 Å². The van der Waals surface area contributed by atoms with Gasteiger partial charge in [-0.25, -0.2) is 4.79 Å². The Morgan fingerprint density at radius 2 is 2.00 bits per heavy atom. The van der Waals surface area contributed by atoms with Crippen LogP contribution in [-0.4, -0.2) is 36.6 Å². The van der Waals surface area contributed by atoms with E-state index in [1.165, 1.54) is 7.11 Å². The van der Waals surface area contributed by atoms with E-state index < -0.39 is 17.9 Å². The van der Waals surface area contributed by atoms with E-state index in [2.05, 4.69) is 26.2 Å². The lowest BCUT2D eigenvalue weighted by Gasteiger charge is -2.16. The highest BCUT2D eigenvalue weighted by atomic mass is 79.9. The number of esters is 1. The second kappa shape index (κ2) is 8.73. The Bertz CT molecular complexity index is 954. The average Bonchev–Trinajstić information content (AvgIpc) is 3.08. The summed E-state index contributed by atoms with van der Waals surface area (Å²) in [6, 6.07) is 14.2. The molecule has 1 amide bonds. The number of hydrogen-bond donors (Lipinski definition) is 2. The molecule has 140 valence electrons. The molecule has 0 saturated carbocycles. The van der Waals surface area contributed by atoms with Crippen molar-refractivity contribution in [2.24, 2.45) is 0 Å². The highest BCUT2D eigenvalue weighted by molar-refractivity contribution is 9.10. The first-order chi connectivity index (χ1) is 13.1. The van der Waals surface area contributed by atoms with Gasteiger partial charge < -0.3 is 19.8 Å². The number of methoxy groups -OCH3 is 1. The number of rotatable bonds is 7. The normalized spacial score (nSPS) is 11.8. The Hall–Kier alpha value is -2.80. The Balaban J connectivity index is 1.66. The molecule has 27 heavy (non-hydrogen) atoms. The van der Waals surface area contributed by atoms with E-state index in [-0.39, 0.29) is 6.61 Å². The van der Waals surface area contributed by atoms with Crippen LogP contribution in [0.5, 0.6) is 5.75 Å². The SMILES string of the molecule is COC(=O)[C@H](Cc1c[nH]c2ccccc12)NC(=O)COc1cccc(Br)c1. The number of carbonyl (C=O) groups is 2. The maximum absolute atomic E-state index is 12.3. The third kappa shape index (κ3) is 4.89. The van der Waals surface area contributed by atoms with Crippen molar-refractivity contribution < 1.29 is 19.1 Å². The van der Waals surface area contributed by atoms with Crippen LogP contribution in [-0.2, 0) is 20.7 Å². The molecule has 0 aliphatic carbocycles. The van der Waals surface area contributed by atoms with E-state index in [0.717, 1.165) is 20.9 Å². The molecule has 0 bridgehead atoms. The first-order valence-corrected chi connectivity index (χ1v) is 9.16.